The maximum absolute atomic E-state index is 10.6. The number of rotatable bonds is 4. The minimum Gasteiger partial charge on any atom is -0.379 e. The summed E-state index contributed by atoms with van der Waals surface area (Å²) in [5, 5.41) is 16.0. The lowest BCUT2D eigenvalue weighted by atomic mass is 10.2. The van der Waals surface area contributed by atoms with Gasteiger partial charge in [0.25, 0.3) is 5.69 Å². The fraction of sp³-hybridized carbons (Fsp3) is 0.167. The summed E-state index contributed by atoms with van der Waals surface area (Å²) in [6.07, 6.45) is 0. The zero-order valence-electron chi connectivity index (χ0n) is 9.64. The molecule has 2 aromatic rings. The number of hydrogen-bond donors (Lipinski definition) is 1. The Balaban J connectivity index is 2.11. The molecule has 0 aliphatic heterocycles. The molecule has 0 unspecified atom stereocenters. The van der Waals surface area contributed by atoms with Gasteiger partial charge in [-0.15, -0.1) is 11.3 Å². The topological polar surface area (TPSA) is 55.2 Å². The van der Waals surface area contributed by atoms with Crippen LogP contribution in [0.25, 0.3) is 0 Å². The number of nitrogens with one attached hydrogen (secondary N) is 1. The van der Waals surface area contributed by atoms with Crippen molar-refractivity contribution in [1.82, 2.24) is 0 Å². The fourth-order valence-corrected chi connectivity index (χ4v) is 3.06. The SMILES string of the molecule is Cc1ccsc1CNc1ccc([N+](=O)[O-])cc1I. The molecule has 0 fully saturated rings. The van der Waals surface area contributed by atoms with Gasteiger partial charge in [-0.25, -0.2) is 0 Å². The van der Waals surface area contributed by atoms with Crippen LogP contribution in [0.5, 0.6) is 0 Å². The van der Waals surface area contributed by atoms with Gasteiger partial charge in [0.1, 0.15) is 0 Å². The highest BCUT2D eigenvalue weighted by atomic mass is 127. The zero-order chi connectivity index (χ0) is 13.1. The van der Waals surface area contributed by atoms with Crippen LogP contribution in [0.15, 0.2) is 29.6 Å². The second-order valence-electron chi connectivity index (χ2n) is 3.80. The molecule has 4 nitrogen and oxygen atoms in total. The number of benzene rings is 1. The number of anilines is 1. The van der Waals surface area contributed by atoms with Crippen molar-refractivity contribution in [3.8, 4) is 0 Å². The van der Waals surface area contributed by atoms with Gasteiger partial charge < -0.3 is 5.32 Å². The Kier molecular flexibility index (Phi) is 4.18. The van der Waals surface area contributed by atoms with E-state index in [0.717, 1.165) is 15.8 Å². The summed E-state index contributed by atoms with van der Waals surface area (Å²) in [4.78, 5) is 11.5. The van der Waals surface area contributed by atoms with E-state index >= 15 is 0 Å². The van der Waals surface area contributed by atoms with Crippen LogP contribution >= 0.6 is 33.9 Å². The lowest BCUT2D eigenvalue weighted by molar-refractivity contribution is -0.384. The minimum absolute atomic E-state index is 0.122. The highest BCUT2D eigenvalue weighted by Gasteiger charge is 2.09. The lowest BCUT2D eigenvalue weighted by Gasteiger charge is -2.08. The van der Waals surface area contributed by atoms with Gasteiger partial charge in [-0.3, -0.25) is 10.1 Å². The summed E-state index contributed by atoms with van der Waals surface area (Å²) in [5.74, 6) is 0. The number of thiophene rings is 1. The van der Waals surface area contributed by atoms with Crippen LogP contribution in [0.2, 0.25) is 0 Å². The van der Waals surface area contributed by atoms with E-state index in [1.54, 1.807) is 23.5 Å². The third kappa shape index (κ3) is 2.99. The van der Waals surface area contributed by atoms with E-state index in [0.29, 0.717) is 0 Å². The highest BCUT2D eigenvalue weighted by molar-refractivity contribution is 14.1. The minimum atomic E-state index is -0.380. The number of non-ortho nitro benzene ring substituents is 1. The number of hydrogen-bond acceptors (Lipinski definition) is 4. The largest absolute Gasteiger partial charge is 0.379 e. The van der Waals surface area contributed by atoms with Gasteiger partial charge in [-0.1, -0.05) is 0 Å². The number of aryl methyl sites for hydroxylation is 1. The molecule has 0 aliphatic carbocycles. The molecule has 0 aliphatic rings. The van der Waals surface area contributed by atoms with Crippen molar-refractivity contribution in [3.05, 3.63) is 53.8 Å². The molecule has 0 spiro atoms. The molecular formula is C12H11IN2O2S. The Morgan fingerprint density at radius 1 is 1.44 bits per heavy atom. The van der Waals surface area contributed by atoms with Crippen LogP contribution in [0.3, 0.4) is 0 Å². The van der Waals surface area contributed by atoms with Gasteiger partial charge >= 0.3 is 0 Å². The van der Waals surface area contributed by atoms with E-state index < -0.39 is 0 Å². The Morgan fingerprint density at radius 3 is 2.78 bits per heavy atom. The maximum Gasteiger partial charge on any atom is 0.270 e. The van der Waals surface area contributed by atoms with Gasteiger partial charge in [0, 0.05) is 32.8 Å². The van der Waals surface area contributed by atoms with Crippen molar-refractivity contribution in [2.24, 2.45) is 0 Å². The van der Waals surface area contributed by atoms with Gasteiger partial charge in [0.2, 0.25) is 0 Å². The molecule has 0 atom stereocenters. The Morgan fingerprint density at radius 2 is 2.22 bits per heavy atom. The zero-order valence-corrected chi connectivity index (χ0v) is 12.6. The van der Waals surface area contributed by atoms with Crippen molar-refractivity contribution in [2.75, 3.05) is 5.32 Å². The van der Waals surface area contributed by atoms with E-state index in [4.69, 9.17) is 0 Å². The van der Waals surface area contributed by atoms with Crippen LogP contribution in [0, 0.1) is 20.6 Å². The molecule has 0 saturated heterocycles. The van der Waals surface area contributed by atoms with Crippen LogP contribution in [-0.2, 0) is 6.54 Å². The smallest absolute Gasteiger partial charge is 0.270 e. The first-order valence-electron chi connectivity index (χ1n) is 5.28. The molecule has 1 aromatic heterocycles. The van der Waals surface area contributed by atoms with Crippen molar-refractivity contribution in [2.45, 2.75) is 13.5 Å². The Bertz CT molecular complexity index is 583. The second kappa shape index (κ2) is 5.66. The van der Waals surface area contributed by atoms with Crippen molar-refractivity contribution < 1.29 is 4.92 Å². The lowest BCUT2D eigenvalue weighted by Crippen LogP contribution is -2.01. The van der Waals surface area contributed by atoms with Crippen LogP contribution < -0.4 is 5.32 Å². The molecule has 94 valence electrons. The Hall–Kier alpha value is -1.15. The van der Waals surface area contributed by atoms with E-state index in [2.05, 4.69) is 46.3 Å². The molecule has 0 saturated carbocycles. The molecule has 1 N–H and O–H groups in total. The monoisotopic (exact) mass is 374 g/mol. The van der Waals surface area contributed by atoms with E-state index in [1.807, 2.05) is 0 Å². The normalized spacial score (nSPS) is 10.3. The quantitative estimate of drug-likeness (QED) is 0.496. The molecular weight excluding hydrogens is 363 g/mol. The first kappa shape index (κ1) is 13.3. The molecule has 0 bridgehead atoms. The molecule has 6 heteroatoms. The predicted molar refractivity (Wildman–Crippen MR) is 82.2 cm³/mol. The van der Waals surface area contributed by atoms with Gasteiger partial charge in [-0.2, -0.15) is 0 Å². The predicted octanol–water partition coefficient (Wildman–Crippen LogP) is 4.18. The molecule has 0 radical (unpaired) electrons. The summed E-state index contributed by atoms with van der Waals surface area (Å²) in [6.45, 7) is 2.83. The summed E-state index contributed by atoms with van der Waals surface area (Å²) in [6, 6.07) is 6.93. The van der Waals surface area contributed by atoms with Gasteiger partial charge in [0.05, 0.1) is 4.92 Å². The third-order valence-corrected chi connectivity index (χ3v) is 4.49. The first-order valence-corrected chi connectivity index (χ1v) is 7.24. The molecule has 1 aromatic carbocycles. The third-order valence-electron chi connectivity index (χ3n) is 2.57. The van der Waals surface area contributed by atoms with Crippen molar-refractivity contribution in [3.63, 3.8) is 0 Å². The fourth-order valence-electron chi connectivity index (χ4n) is 1.52. The van der Waals surface area contributed by atoms with E-state index in [9.17, 15) is 10.1 Å². The van der Waals surface area contributed by atoms with Crippen molar-refractivity contribution in [1.29, 1.82) is 0 Å². The number of halogens is 1. The maximum atomic E-state index is 10.6. The summed E-state index contributed by atoms with van der Waals surface area (Å²) in [5.41, 5.74) is 2.32. The molecule has 18 heavy (non-hydrogen) atoms. The van der Waals surface area contributed by atoms with Gasteiger partial charge in [0.15, 0.2) is 0 Å². The molecule has 1 heterocycles. The van der Waals surface area contributed by atoms with Crippen LogP contribution in [0.1, 0.15) is 10.4 Å². The first-order chi connectivity index (χ1) is 8.58. The number of nitrogens with zero attached hydrogens (tertiary/aromatic N) is 1. The van der Waals surface area contributed by atoms with Crippen LogP contribution in [0.4, 0.5) is 11.4 Å². The molecule has 2 rings (SSSR count). The van der Waals surface area contributed by atoms with Gasteiger partial charge in [-0.05, 0) is 52.6 Å². The molecule has 0 amide bonds. The summed E-state index contributed by atoms with van der Waals surface area (Å²) >= 11 is 3.82. The summed E-state index contributed by atoms with van der Waals surface area (Å²) < 4.78 is 0.857. The Labute approximate surface area is 122 Å². The van der Waals surface area contributed by atoms with E-state index in [1.165, 1.54) is 16.5 Å². The van der Waals surface area contributed by atoms with E-state index in [-0.39, 0.29) is 10.6 Å². The number of nitro groups is 1. The second-order valence-corrected chi connectivity index (χ2v) is 5.96. The average molecular weight is 374 g/mol. The highest BCUT2D eigenvalue weighted by Crippen LogP contribution is 2.25. The summed E-state index contributed by atoms with van der Waals surface area (Å²) in [7, 11) is 0. The number of nitro benzene ring substituents is 1. The van der Waals surface area contributed by atoms with Crippen LogP contribution in [-0.4, -0.2) is 4.92 Å². The average Bonchev–Trinajstić information content (AvgIpc) is 2.73. The standard InChI is InChI=1S/C12H11IN2O2S/c1-8-4-5-18-12(8)7-14-11-3-2-9(15(16)17)6-10(11)13/h2-6,14H,7H2,1H3. The van der Waals surface area contributed by atoms with Crippen molar-refractivity contribution >= 4 is 45.3 Å².